The van der Waals surface area contributed by atoms with Gasteiger partial charge in [-0.15, -0.1) is 0 Å². The predicted octanol–water partition coefficient (Wildman–Crippen LogP) is 4.20. The van der Waals surface area contributed by atoms with Crippen LogP contribution < -0.4 is 10.6 Å². The number of hydrogen-bond acceptors (Lipinski definition) is 3. The fourth-order valence-electron chi connectivity index (χ4n) is 4.37. The van der Waals surface area contributed by atoms with Gasteiger partial charge in [-0.2, -0.15) is 0 Å². The lowest BCUT2D eigenvalue weighted by molar-refractivity contribution is -0.125. The fraction of sp³-hybridized carbons (Fsp3) is 0.296. The van der Waals surface area contributed by atoms with Crippen molar-refractivity contribution in [2.45, 2.75) is 38.0 Å². The van der Waals surface area contributed by atoms with Crippen molar-refractivity contribution in [3.8, 4) is 0 Å². The van der Waals surface area contributed by atoms with E-state index in [1.165, 1.54) is 12.1 Å². The number of rotatable bonds is 9. The first-order valence-electron chi connectivity index (χ1n) is 11.5. The number of halogens is 3. The monoisotopic (exact) mass is 467 g/mol. The van der Waals surface area contributed by atoms with Gasteiger partial charge in [-0.1, -0.05) is 54.6 Å². The molecule has 0 bridgehead atoms. The molecule has 1 heterocycles. The van der Waals surface area contributed by atoms with Gasteiger partial charge in [0.15, 0.2) is 11.6 Å². The highest BCUT2D eigenvalue weighted by Crippen LogP contribution is 2.22. The number of likely N-dealkylation sites (tertiary alicyclic amines) is 1. The normalized spacial score (nSPS) is 18.2. The van der Waals surface area contributed by atoms with E-state index in [2.05, 4.69) is 15.5 Å². The van der Waals surface area contributed by atoms with Crippen molar-refractivity contribution in [1.82, 2.24) is 15.5 Å². The molecule has 7 heteroatoms. The molecule has 0 radical (unpaired) electrons. The molecule has 0 spiro atoms. The topological polar surface area (TPSA) is 44.4 Å². The van der Waals surface area contributed by atoms with Crippen LogP contribution in [0, 0.1) is 17.5 Å². The number of nitrogens with zero attached hydrogens (tertiary/aromatic N) is 1. The van der Waals surface area contributed by atoms with Crippen molar-refractivity contribution in [1.29, 1.82) is 0 Å². The lowest BCUT2D eigenvalue weighted by Crippen LogP contribution is -2.43. The molecule has 1 fully saturated rings. The van der Waals surface area contributed by atoms with Crippen LogP contribution in [0.5, 0.6) is 0 Å². The molecule has 0 unspecified atom stereocenters. The quantitative estimate of drug-likeness (QED) is 0.496. The Morgan fingerprint density at radius 2 is 1.65 bits per heavy atom. The summed E-state index contributed by atoms with van der Waals surface area (Å²) in [6, 6.07) is 20.0. The van der Waals surface area contributed by atoms with Crippen LogP contribution in [0.4, 0.5) is 13.2 Å². The van der Waals surface area contributed by atoms with Gasteiger partial charge in [0.05, 0.1) is 6.04 Å². The lowest BCUT2D eigenvalue weighted by Gasteiger charge is -2.23. The second-order valence-corrected chi connectivity index (χ2v) is 8.63. The van der Waals surface area contributed by atoms with Gasteiger partial charge in [0, 0.05) is 32.2 Å². The second kappa shape index (κ2) is 11.3. The Labute approximate surface area is 197 Å². The van der Waals surface area contributed by atoms with Crippen molar-refractivity contribution in [3.05, 3.63) is 107 Å². The van der Waals surface area contributed by atoms with Crippen LogP contribution in [0.2, 0.25) is 0 Å². The summed E-state index contributed by atoms with van der Waals surface area (Å²) in [6.07, 6.45) is 1.00. The molecule has 34 heavy (non-hydrogen) atoms. The maximum atomic E-state index is 13.9. The first-order valence-corrected chi connectivity index (χ1v) is 11.5. The highest BCUT2D eigenvalue weighted by Gasteiger charge is 2.36. The minimum Gasteiger partial charge on any atom is -0.354 e. The van der Waals surface area contributed by atoms with Crippen LogP contribution in [0.3, 0.4) is 0 Å². The van der Waals surface area contributed by atoms with Gasteiger partial charge in [-0.3, -0.25) is 9.69 Å². The molecule has 1 amide bonds. The highest BCUT2D eigenvalue weighted by atomic mass is 19.2. The zero-order valence-electron chi connectivity index (χ0n) is 18.8. The Hall–Kier alpha value is -3.16. The minimum atomic E-state index is -0.872. The first kappa shape index (κ1) is 24.0. The summed E-state index contributed by atoms with van der Waals surface area (Å²) in [7, 11) is 0. The largest absolute Gasteiger partial charge is 0.354 e. The third kappa shape index (κ3) is 6.24. The molecule has 0 saturated carbocycles. The van der Waals surface area contributed by atoms with E-state index in [-0.39, 0.29) is 23.8 Å². The summed E-state index contributed by atoms with van der Waals surface area (Å²) >= 11 is 0. The van der Waals surface area contributed by atoms with Crippen molar-refractivity contribution in [3.63, 3.8) is 0 Å². The molecular formula is C27H28F3N3O. The molecular weight excluding hydrogens is 439 g/mol. The van der Waals surface area contributed by atoms with Crippen LogP contribution in [-0.2, 0) is 24.3 Å². The Bertz CT molecular complexity index is 1110. The number of amides is 1. The van der Waals surface area contributed by atoms with E-state index >= 15 is 0 Å². The van der Waals surface area contributed by atoms with Gasteiger partial charge >= 0.3 is 0 Å². The predicted molar refractivity (Wildman–Crippen MR) is 125 cm³/mol. The van der Waals surface area contributed by atoms with Crippen molar-refractivity contribution in [2.75, 3.05) is 13.1 Å². The van der Waals surface area contributed by atoms with Gasteiger partial charge in [-0.25, -0.2) is 13.2 Å². The first-order chi connectivity index (χ1) is 16.5. The van der Waals surface area contributed by atoms with Crippen LogP contribution >= 0.6 is 0 Å². The van der Waals surface area contributed by atoms with Gasteiger partial charge in [-0.05, 0) is 47.7 Å². The third-order valence-electron chi connectivity index (χ3n) is 6.16. The molecule has 2 atom stereocenters. The number of hydrogen-bond donors (Lipinski definition) is 2. The SMILES string of the molecule is O=C(NCCc1ccccc1F)[C@@H]1C[C@H](NCc2ccc(F)c(F)c2)CN1Cc1ccccc1. The molecule has 0 aromatic heterocycles. The summed E-state index contributed by atoms with van der Waals surface area (Å²) in [4.78, 5) is 15.2. The molecule has 1 aliphatic heterocycles. The van der Waals surface area contributed by atoms with E-state index in [4.69, 9.17) is 0 Å². The molecule has 3 aromatic carbocycles. The summed E-state index contributed by atoms with van der Waals surface area (Å²) in [5, 5.41) is 6.33. The maximum absolute atomic E-state index is 13.9. The molecule has 3 aromatic rings. The third-order valence-corrected chi connectivity index (χ3v) is 6.16. The van der Waals surface area contributed by atoms with Gasteiger partial charge in [0.2, 0.25) is 5.91 Å². The summed E-state index contributed by atoms with van der Waals surface area (Å²) in [5.74, 6) is -2.11. The van der Waals surface area contributed by atoms with Crippen LogP contribution in [0.1, 0.15) is 23.1 Å². The van der Waals surface area contributed by atoms with Crippen LogP contribution in [-0.4, -0.2) is 36.0 Å². The van der Waals surface area contributed by atoms with E-state index in [1.807, 2.05) is 30.3 Å². The minimum absolute atomic E-state index is 0.0131. The van der Waals surface area contributed by atoms with Gasteiger partial charge < -0.3 is 10.6 Å². The van der Waals surface area contributed by atoms with E-state index < -0.39 is 11.6 Å². The molecule has 2 N–H and O–H groups in total. The smallest absolute Gasteiger partial charge is 0.237 e. The Morgan fingerprint density at radius 1 is 0.882 bits per heavy atom. The second-order valence-electron chi connectivity index (χ2n) is 8.63. The van der Waals surface area contributed by atoms with Crippen LogP contribution in [0.15, 0.2) is 72.8 Å². The van der Waals surface area contributed by atoms with Gasteiger partial charge in [0.1, 0.15) is 5.82 Å². The zero-order valence-corrected chi connectivity index (χ0v) is 18.8. The number of carbonyl (C=O) groups excluding carboxylic acids is 1. The average molecular weight is 468 g/mol. The van der Waals surface area contributed by atoms with Crippen molar-refractivity contribution < 1.29 is 18.0 Å². The summed E-state index contributed by atoms with van der Waals surface area (Å²) < 4.78 is 40.6. The zero-order chi connectivity index (χ0) is 23.9. The molecule has 4 nitrogen and oxygen atoms in total. The van der Waals surface area contributed by atoms with E-state index in [9.17, 15) is 18.0 Å². The highest BCUT2D eigenvalue weighted by molar-refractivity contribution is 5.82. The molecule has 1 saturated heterocycles. The molecule has 0 aliphatic carbocycles. The number of nitrogens with one attached hydrogen (secondary N) is 2. The Morgan fingerprint density at radius 3 is 2.41 bits per heavy atom. The molecule has 178 valence electrons. The summed E-state index contributed by atoms with van der Waals surface area (Å²) in [6.45, 7) is 1.99. The Kier molecular flexibility index (Phi) is 7.98. The summed E-state index contributed by atoms with van der Waals surface area (Å²) in [5.41, 5.74) is 2.32. The Balaban J connectivity index is 1.38. The number of carbonyl (C=O) groups is 1. The molecule has 4 rings (SSSR count). The average Bonchev–Trinajstić information content (AvgIpc) is 3.24. The molecule has 1 aliphatic rings. The van der Waals surface area contributed by atoms with Crippen LogP contribution in [0.25, 0.3) is 0 Å². The van der Waals surface area contributed by atoms with E-state index in [1.54, 1.807) is 24.3 Å². The number of benzene rings is 3. The van der Waals surface area contributed by atoms with E-state index in [0.717, 1.165) is 11.6 Å². The lowest BCUT2D eigenvalue weighted by atomic mass is 10.1. The standard InChI is InChI=1S/C27H28F3N3O/c28-23-9-5-4-8-21(23)12-13-31-27(34)26-15-22(18-33(26)17-19-6-2-1-3-7-19)32-16-20-10-11-24(29)25(30)14-20/h1-11,14,22,26,32H,12-13,15-18H2,(H,31,34)/t22-,26-/m0/s1. The van der Waals surface area contributed by atoms with Gasteiger partial charge in [0.25, 0.3) is 0 Å². The fourth-order valence-corrected chi connectivity index (χ4v) is 4.37. The maximum Gasteiger partial charge on any atom is 0.237 e. The van der Waals surface area contributed by atoms with Crippen molar-refractivity contribution >= 4 is 5.91 Å². The van der Waals surface area contributed by atoms with E-state index in [0.29, 0.717) is 50.1 Å². The van der Waals surface area contributed by atoms with Crippen molar-refractivity contribution in [2.24, 2.45) is 0 Å².